The fourth-order valence-electron chi connectivity index (χ4n) is 4.23. The number of hydrogen-bond acceptors (Lipinski definition) is 6. The number of nitrogens with one attached hydrogen (secondary N) is 1. The average molecular weight is 498 g/mol. The first-order chi connectivity index (χ1) is 17.1. The summed E-state index contributed by atoms with van der Waals surface area (Å²) in [6.45, 7) is 6.46. The Morgan fingerprint density at radius 3 is 2.36 bits per heavy atom. The number of methoxy groups -OCH3 is 2. The normalized spacial score (nSPS) is 20.9. The van der Waals surface area contributed by atoms with Crippen LogP contribution in [0.3, 0.4) is 0 Å². The zero-order valence-corrected chi connectivity index (χ0v) is 21.7. The summed E-state index contributed by atoms with van der Waals surface area (Å²) in [5.74, 6) is 0.408. The van der Waals surface area contributed by atoms with Crippen LogP contribution in [0.25, 0.3) is 0 Å². The third-order valence-corrected chi connectivity index (χ3v) is 6.46. The fourth-order valence-corrected chi connectivity index (χ4v) is 4.23. The highest BCUT2D eigenvalue weighted by molar-refractivity contribution is 6.05. The smallest absolute Gasteiger partial charge is 0.257 e. The van der Waals surface area contributed by atoms with E-state index < -0.39 is 0 Å². The van der Waals surface area contributed by atoms with Gasteiger partial charge in [-0.3, -0.25) is 14.4 Å². The summed E-state index contributed by atoms with van der Waals surface area (Å²) < 4.78 is 16.9. The van der Waals surface area contributed by atoms with E-state index in [1.165, 1.54) is 6.92 Å². The molecule has 0 bridgehead atoms. The number of carbonyl (C=O) groups excluding carboxylic acids is 3. The lowest BCUT2D eigenvalue weighted by molar-refractivity contribution is -0.133. The topological polar surface area (TPSA) is 97.4 Å². The Balaban J connectivity index is 1.91. The van der Waals surface area contributed by atoms with E-state index >= 15 is 0 Å². The minimum atomic E-state index is -0.303. The van der Waals surface area contributed by atoms with Crippen molar-refractivity contribution < 1.29 is 28.6 Å². The molecule has 0 aliphatic carbocycles. The van der Waals surface area contributed by atoms with Crippen LogP contribution in [-0.2, 0) is 9.53 Å². The molecule has 2 aromatic rings. The molecule has 36 heavy (non-hydrogen) atoms. The van der Waals surface area contributed by atoms with Crippen molar-refractivity contribution in [3.05, 3.63) is 53.6 Å². The molecule has 0 aromatic heterocycles. The van der Waals surface area contributed by atoms with Gasteiger partial charge in [-0.15, -0.1) is 0 Å². The lowest BCUT2D eigenvalue weighted by atomic mass is 10.0. The standard InChI is InChI=1S/C27H35N3O6/c1-17-14-30(19(3)31)18(2)16-36-24-13-21(28-26(32)20-7-10-22(34-5)11-8-20)9-12-23(24)27(33)29(4)15-25(17)35-6/h7-13,17-18,25H,14-16H2,1-6H3,(H,28,32)/t17-,18-,25+/m0/s1. The van der Waals surface area contributed by atoms with Gasteiger partial charge in [-0.2, -0.15) is 0 Å². The van der Waals surface area contributed by atoms with Crippen LogP contribution in [0.1, 0.15) is 41.5 Å². The van der Waals surface area contributed by atoms with Gasteiger partial charge in [0.2, 0.25) is 5.91 Å². The van der Waals surface area contributed by atoms with Gasteiger partial charge in [-0.05, 0) is 43.3 Å². The highest BCUT2D eigenvalue weighted by Gasteiger charge is 2.29. The second-order valence-corrected chi connectivity index (χ2v) is 9.16. The molecule has 0 fully saturated rings. The van der Waals surface area contributed by atoms with Gasteiger partial charge in [-0.25, -0.2) is 0 Å². The predicted molar refractivity (Wildman–Crippen MR) is 137 cm³/mol. The van der Waals surface area contributed by atoms with Crippen LogP contribution in [0.2, 0.25) is 0 Å². The number of carbonyl (C=O) groups is 3. The summed E-state index contributed by atoms with van der Waals surface area (Å²) in [7, 11) is 4.88. The Hall–Kier alpha value is -3.59. The van der Waals surface area contributed by atoms with Crippen LogP contribution in [0.4, 0.5) is 5.69 Å². The third-order valence-electron chi connectivity index (χ3n) is 6.46. The molecule has 3 rings (SSSR count). The van der Waals surface area contributed by atoms with Gasteiger partial charge in [0, 0.05) is 57.4 Å². The predicted octanol–water partition coefficient (Wildman–Crippen LogP) is 3.30. The summed E-state index contributed by atoms with van der Waals surface area (Å²) in [6.07, 6.45) is -0.250. The number of anilines is 1. The zero-order chi connectivity index (χ0) is 26.4. The Labute approximate surface area is 212 Å². The van der Waals surface area contributed by atoms with E-state index in [-0.39, 0.29) is 42.4 Å². The maximum Gasteiger partial charge on any atom is 0.257 e. The molecule has 3 atom stereocenters. The molecule has 1 aliphatic rings. The van der Waals surface area contributed by atoms with E-state index in [1.807, 2.05) is 13.8 Å². The lowest BCUT2D eigenvalue weighted by Gasteiger charge is -2.35. The lowest BCUT2D eigenvalue weighted by Crippen LogP contribution is -2.48. The molecule has 0 spiro atoms. The number of fused-ring (bicyclic) bond motifs is 1. The number of likely N-dealkylation sites (N-methyl/N-ethyl adjacent to an activating group) is 1. The molecule has 9 nitrogen and oxygen atoms in total. The number of nitrogens with zero attached hydrogens (tertiary/aromatic N) is 2. The maximum absolute atomic E-state index is 13.3. The van der Waals surface area contributed by atoms with Gasteiger partial charge in [0.15, 0.2) is 0 Å². The minimum Gasteiger partial charge on any atom is -0.497 e. The van der Waals surface area contributed by atoms with Gasteiger partial charge >= 0.3 is 0 Å². The van der Waals surface area contributed by atoms with Gasteiger partial charge < -0.3 is 29.3 Å². The SMILES string of the molecule is COc1ccc(C(=O)Nc2ccc3c(c2)OC[C@H](C)N(C(C)=O)C[C@H](C)[C@H](OC)CN(C)C3=O)cc1. The average Bonchev–Trinajstić information content (AvgIpc) is 2.87. The molecule has 2 aromatic carbocycles. The molecular formula is C27H35N3O6. The summed E-state index contributed by atoms with van der Waals surface area (Å²) in [6, 6.07) is 11.5. The van der Waals surface area contributed by atoms with E-state index in [9.17, 15) is 14.4 Å². The minimum absolute atomic E-state index is 0.00559. The second kappa shape index (κ2) is 11.9. The zero-order valence-electron chi connectivity index (χ0n) is 21.7. The highest BCUT2D eigenvalue weighted by Crippen LogP contribution is 2.27. The number of rotatable bonds is 4. The molecule has 0 radical (unpaired) electrons. The second-order valence-electron chi connectivity index (χ2n) is 9.16. The first kappa shape index (κ1) is 27.0. The van der Waals surface area contributed by atoms with Crippen LogP contribution in [0.5, 0.6) is 11.5 Å². The summed E-state index contributed by atoms with van der Waals surface area (Å²) in [5, 5.41) is 2.85. The van der Waals surface area contributed by atoms with Crippen molar-refractivity contribution in [2.75, 3.05) is 46.3 Å². The van der Waals surface area contributed by atoms with E-state index in [1.54, 1.807) is 73.5 Å². The van der Waals surface area contributed by atoms with Crippen molar-refractivity contribution in [3.8, 4) is 11.5 Å². The number of amides is 3. The van der Waals surface area contributed by atoms with Crippen molar-refractivity contribution in [2.45, 2.75) is 32.9 Å². The van der Waals surface area contributed by atoms with E-state index in [0.717, 1.165) is 0 Å². The molecule has 0 saturated carbocycles. The molecule has 194 valence electrons. The monoisotopic (exact) mass is 497 g/mol. The van der Waals surface area contributed by atoms with Crippen molar-refractivity contribution in [1.82, 2.24) is 9.80 Å². The van der Waals surface area contributed by atoms with E-state index in [0.29, 0.717) is 41.4 Å². The van der Waals surface area contributed by atoms with E-state index in [4.69, 9.17) is 14.2 Å². The number of ether oxygens (including phenoxy) is 3. The highest BCUT2D eigenvalue weighted by atomic mass is 16.5. The van der Waals surface area contributed by atoms with Crippen LogP contribution < -0.4 is 14.8 Å². The van der Waals surface area contributed by atoms with E-state index in [2.05, 4.69) is 5.32 Å². The Morgan fingerprint density at radius 1 is 1.06 bits per heavy atom. The molecule has 0 saturated heterocycles. The van der Waals surface area contributed by atoms with Crippen LogP contribution in [-0.4, -0.2) is 80.6 Å². The largest absolute Gasteiger partial charge is 0.497 e. The van der Waals surface area contributed by atoms with Crippen LogP contribution >= 0.6 is 0 Å². The van der Waals surface area contributed by atoms with Crippen molar-refractivity contribution in [3.63, 3.8) is 0 Å². The molecule has 9 heteroatoms. The Kier molecular flexibility index (Phi) is 8.93. The summed E-state index contributed by atoms with van der Waals surface area (Å²) >= 11 is 0. The molecule has 3 amide bonds. The van der Waals surface area contributed by atoms with Crippen molar-refractivity contribution in [2.24, 2.45) is 5.92 Å². The molecule has 1 heterocycles. The molecule has 1 aliphatic heterocycles. The summed E-state index contributed by atoms with van der Waals surface area (Å²) in [5.41, 5.74) is 1.31. The van der Waals surface area contributed by atoms with Gasteiger partial charge in [0.05, 0.1) is 24.8 Å². The number of benzene rings is 2. The maximum atomic E-state index is 13.3. The van der Waals surface area contributed by atoms with Gasteiger partial charge in [-0.1, -0.05) is 6.92 Å². The van der Waals surface area contributed by atoms with Crippen LogP contribution in [0, 0.1) is 5.92 Å². The first-order valence-electron chi connectivity index (χ1n) is 11.9. The molecular weight excluding hydrogens is 462 g/mol. The van der Waals surface area contributed by atoms with Gasteiger partial charge in [0.1, 0.15) is 18.1 Å². The fraction of sp³-hybridized carbons (Fsp3) is 0.444. The summed E-state index contributed by atoms with van der Waals surface area (Å²) in [4.78, 5) is 41.8. The molecule has 1 N–H and O–H groups in total. The third kappa shape index (κ3) is 6.34. The quantitative estimate of drug-likeness (QED) is 0.696. The van der Waals surface area contributed by atoms with Crippen molar-refractivity contribution in [1.29, 1.82) is 0 Å². The van der Waals surface area contributed by atoms with Crippen molar-refractivity contribution >= 4 is 23.4 Å². The van der Waals surface area contributed by atoms with Crippen LogP contribution in [0.15, 0.2) is 42.5 Å². The Morgan fingerprint density at radius 2 is 1.75 bits per heavy atom. The first-order valence-corrected chi connectivity index (χ1v) is 11.9. The molecule has 0 unspecified atom stereocenters. The number of hydrogen-bond donors (Lipinski definition) is 1. The van der Waals surface area contributed by atoms with Gasteiger partial charge in [0.25, 0.3) is 11.8 Å². The Bertz CT molecular complexity index is 1090.